The summed E-state index contributed by atoms with van der Waals surface area (Å²) in [5.41, 5.74) is 1.22. The molecule has 1 aromatic carbocycles. The molecule has 0 radical (unpaired) electrons. The minimum absolute atomic E-state index is 0.503. The van der Waals surface area contributed by atoms with Gasteiger partial charge in [0.2, 0.25) is 0 Å². The van der Waals surface area contributed by atoms with E-state index in [9.17, 15) is 0 Å². The Kier molecular flexibility index (Phi) is 5.43. The van der Waals surface area contributed by atoms with Crippen molar-refractivity contribution < 1.29 is 9.47 Å². The molecule has 20 heavy (non-hydrogen) atoms. The maximum Gasteiger partial charge on any atom is 0.157 e. The second kappa shape index (κ2) is 7.55. The quantitative estimate of drug-likeness (QED) is 0.748. The molecule has 5 heteroatoms. The molecule has 1 aromatic heterocycles. The van der Waals surface area contributed by atoms with Crippen molar-refractivity contribution >= 4 is 0 Å². The first-order valence-corrected chi connectivity index (χ1v) is 6.82. The van der Waals surface area contributed by atoms with Gasteiger partial charge in [-0.3, -0.25) is 4.68 Å². The molecule has 2 rings (SSSR count). The number of hydrogen-bond donors (Lipinski definition) is 1. The minimum Gasteiger partial charge on any atom is -0.490 e. The van der Waals surface area contributed by atoms with Crippen molar-refractivity contribution in [3.63, 3.8) is 0 Å². The number of nitrogens with one attached hydrogen (secondary N) is 1. The van der Waals surface area contributed by atoms with E-state index in [0.29, 0.717) is 13.2 Å². The average molecular weight is 275 g/mol. The third-order valence-electron chi connectivity index (χ3n) is 2.78. The highest BCUT2D eigenvalue weighted by molar-refractivity contribution is 5.28. The maximum absolute atomic E-state index is 5.68. The first-order valence-electron chi connectivity index (χ1n) is 6.82. The van der Waals surface area contributed by atoms with Gasteiger partial charge in [-0.05, 0) is 24.2 Å². The van der Waals surface area contributed by atoms with Crippen molar-refractivity contribution in [1.29, 1.82) is 0 Å². The highest BCUT2D eigenvalue weighted by atomic mass is 16.5. The van der Waals surface area contributed by atoms with E-state index in [4.69, 9.17) is 9.47 Å². The van der Waals surface area contributed by atoms with Gasteiger partial charge in [-0.2, -0.15) is 5.10 Å². The van der Waals surface area contributed by atoms with Gasteiger partial charge < -0.3 is 14.8 Å². The summed E-state index contributed by atoms with van der Waals surface area (Å²) in [4.78, 5) is 0. The third kappa shape index (κ3) is 4.59. The van der Waals surface area contributed by atoms with Crippen LogP contribution in [0.5, 0.6) is 11.5 Å². The number of rotatable bonds is 8. The Labute approximate surface area is 119 Å². The Bertz CT molecular complexity index is 525. The second-order valence-corrected chi connectivity index (χ2v) is 4.47. The zero-order chi connectivity index (χ0) is 14.2. The number of aryl methyl sites for hydroxylation is 1. The van der Waals surface area contributed by atoms with Gasteiger partial charge in [-0.1, -0.05) is 19.1 Å². The lowest BCUT2D eigenvalue weighted by Gasteiger charge is -2.09. The lowest BCUT2D eigenvalue weighted by Crippen LogP contribution is -2.12. The van der Waals surface area contributed by atoms with E-state index in [1.54, 1.807) is 10.9 Å². The van der Waals surface area contributed by atoms with Crippen LogP contribution in [0, 0.1) is 0 Å². The van der Waals surface area contributed by atoms with Crippen LogP contribution in [0.25, 0.3) is 0 Å². The standard InChI is InChI=1S/C15H21N3O2/c1-3-16-10-13-5-4-6-14(9-13)19-7-8-20-15-11-17-18(2)12-15/h4-6,9,11-12,16H,3,7-8,10H2,1-2H3. The lowest BCUT2D eigenvalue weighted by molar-refractivity contribution is 0.217. The fourth-order valence-electron chi connectivity index (χ4n) is 1.81. The van der Waals surface area contributed by atoms with Crippen molar-refractivity contribution in [2.45, 2.75) is 13.5 Å². The molecule has 0 aliphatic carbocycles. The largest absolute Gasteiger partial charge is 0.490 e. The van der Waals surface area contributed by atoms with Gasteiger partial charge in [0.25, 0.3) is 0 Å². The molecule has 1 heterocycles. The molecule has 0 spiro atoms. The van der Waals surface area contributed by atoms with Gasteiger partial charge in [0.15, 0.2) is 5.75 Å². The molecule has 0 aliphatic heterocycles. The molecule has 0 atom stereocenters. The van der Waals surface area contributed by atoms with Gasteiger partial charge in [0, 0.05) is 13.6 Å². The van der Waals surface area contributed by atoms with Gasteiger partial charge in [-0.15, -0.1) is 0 Å². The summed E-state index contributed by atoms with van der Waals surface area (Å²) < 4.78 is 12.9. The van der Waals surface area contributed by atoms with Crippen molar-refractivity contribution in [3.05, 3.63) is 42.2 Å². The lowest BCUT2D eigenvalue weighted by atomic mass is 10.2. The predicted octanol–water partition coefficient (Wildman–Crippen LogP) is 1.99. The molecule has 0 amide bonds. The Morgan fingerprint density at radius 3 is 2.70 bits per heavy atom. The summed E-state index contributed by atoms with van der Waals surface area (Å²) in [5, 5.41) is 7.33. The van der Waals surface area contributed by atoms with Gasteiger partial charge >= 0.3 is 0 Å². The maximum atomic E-state index is 5.68. The molecule has 0 unspecified atom stereocenters. The van der Waals surface area contributed by atoms with Crippen molar-refractivity contribution in [1.82, 2.24) is 15.1 Å². The molecule has 0 saturated carbocycles. The fourth-order valence-corrected chi connectivity index (χ4v) is 1.81. The molecule has 2 aromatic rings. The van der Waals surface area contributed by atoms with Crippen LogP contribution in [0.1, 0.15) is 12.5 Å². The van der Waals surface area contributed by atoms with E-state index in [-0.39, 0.29) is 0 Å². The Morgan fingerprint density at radius 2 is 2.00 bits per heavy atom. The van der Waals surface area contributed by atoms with Crippen LogP contribution in [0.4, 0.5) is 0 Å². The first-order chi connectivity index (χ1) is 9.78. The molecule has 1 N–H and O–H groups in total. The SMILES string of the molecule is CCNCc1cccc(OCCOc2cnn(C)c2)c1. The average Bonchev–Trinajstić information content (AvgIpc) is 2.87. The normalized spacial score (nSPS) is 10.5. The molecule has 108 valence electrons. The van der Waals surface area contributed by atoms with Gasteiger partial charge in [-0.25, -0.2) is 0 Å². The highest BCUT2D eigenvalue weighted by Gasteiger charge is 1.99. The molecule has 0 saturated heterocycles. The second-order valence-electron chi connectivity index (χ2n) is 4.47. The van der Waals surface area contributed by atoms with Crippen LogP contribution in [0.3, 0.4) is 0 Å². The van der Waals surface area contributed by atoms with E-state index in [0.717, 1.165) is 24.6 Å². The smallest absolute Gasteiger partial charge is 0.157 e. The third-order valence-corrected chi connectivity index (χ3v) is 2.78. The Morgan fingerprint density at radius 1 is 1.20 bits per heavy atom. The zero-order valence-corrected chi connectivity index (χ0v) is 12.0. The van der Waals surface area contributed by atoms with Crippen molar-refractivity contribution in [3.8, 4) is 11.5 Å². The molecule has 0 bridgehead atoms. The fraction of sp³-hybridized carbons (Fsp3) is 0.400. The Hall–Kier alpha value is -2.01. The van der Waals surface area contributed by atoms with Crippen LogP contribution in [0.2, 0.25) is 0 Å². The summed E-state index contributed by atoms with van der Waals surface area (Å²) in [6.45, 7) is 4.93. The molecule has 0 fully saturated rings. The molecule has 5 nitrogen and oxygen atoms in total. The molecule has 0 aliphatic rings. The summed E-state index contributed by atoms with van der Waals surface area (Å²) in [6.07, 6.45) is 3.52. The number of hydrogen-bond acceptors (Lipinski definition) is 4. The Balaban J connectivity index is 1.73. The monoisotopic (exact) mass is 275 g/mol. The predicted molar refractivity (Wildman–Crippen MR) is 78.0 cm³/mol. The van der Waals surface area contributed by atoms with Crippen LogP contribution >= 0.6 is 0 Å². The topological polar surface area (TPSA) is 48.3 Å². The van der Waals surface area contributed by atoms with E-state index >= 15 is 0 Å². The van der Waals surface area contributed by atoms with Gasteiger partial charge in [0.1, 0.15) is 19.0 Å². The van der Waals surface area contributed by atoms with Crippen LogP contribution in [-0.2, 0) is 13.6 Å². The van der Waals surface area contributed by atoms with Crippen molar-refractivity contribution in [2.75, 3.05) is 19.8 Å². The van der Waals surface area contributed by atoms with Crippen LogP contribution < -0.4 is 14.8 Å². The number of ether oxygens (including phenoxy) is 2. The van der Waals surface area contributed by atoms with Crippen LogP contribution in [-0.4, -0.2) is 29.5 Å². The summed E-state index contributed by atoms with van der Waals surface area (Å²) >= 11 is 0. The summed E-state index contributed by atoms with van der Waals surface area (Å²) in [7, 11) is 1.86. The summed E-state index contributed by atoms with van der Waals surface area (Å²) in [6, 6.07) is 8.10. The number of aromatic nitrogens is 2. The zero-order valence-electron chi connectivity index (χ0n) is 12.0. The number of benzene rings is 1. The molecular formula is C15H21N3O2. The summed E-state index contributed by atoms with van der Waals surface area (Å²) in [5.74, 6) is 1.63. The van der Waals surface area contributed by atoms with E-state index in [1.807, 2.05) is 31.4 Å². The molecular weight excluding hydrogens is 254 g/mol. The van der Waals surface area contributed by atoms with Crippen LogP contribution in [0.15, 0.2) is 36.7 Å². The van der Waals surface area contributed by atoms with E-state index in [1.165, 1.54) is 5.56 Å². The van der Waals surface area contributed by atoms with Crippen molar-refractivity contribution in [2.24, 2.45) is 7.05 Å². The van der Waals surface area contributed by atoms with Gasteiger partial charge in [0.05, 0.1) is 12.4 Å². The van der Waals surface area contributed by atoms with E-state index < -0.39 is 0 Å². The van der Waals surface area contributed by atoms with E-state index in [2.05, 4.69) is 23.4 Å². The number of nitrogens with zero attached hydrogens (tertiary/aromatic N) is 2. The highest BCUT2D eigenvalue weighted by Crippen LogP contribution is 2.13. The minimum atomic E-state index is 0.503. The first kappa shape index (κ1) is 14.4.